The quantitative estimate of drug-likeness (QED) is 0.909. The molecule has 0 bridgehead atoms. The zero-order valence-electron chi connectivity index (χ0n) is 11.1. The molecule has 2 aromatic rings. The van der Waals surface area contributed by atoms with Gasteiger partial charge in [-0.3, -0.25) is 0 Å². The number of rotatable bonds is 5. The molecule has 1 aromatic carbocycles. The monoisotopic (exact) mass is 320 g/mol. The molecule has 0 saturated heterocycles. The fraction of sp³-hybridized carbons (Fsp3) is 0.286. The highest BCUT2D eigenvalue weighted by Gasteiger charge is 2.02. The number of aromatic nitrogens is 2. The van der Waals surface area contributed by atoms with Gasteiger partial charge in [0.25, 0.3) is 0 Å². The van der Waals surface area contributed by atoms with E-state index < -0.39 is 0 Å². The maximum Gasteiger partial charge on any atom is 0.148 e. The molecule has 0 saturated carbocycles. The Morgan fingerprint density at radius 1 is 1.05 bits per heavy atom. The molecule has 0 amide bonds. The number of anilines is 3. The van der Waals surface area contributed by atoms with Gasteiger partial charge in [0.2, 0.25) is 0 Å². The van der Waals surface area contributed by atoms with Crippen molar-refractivity contribution in [3.63, 3.8) is 0 Å². The van der Waals surface area contributed by atoms with Gasteiger partial charge >= 0.3 is 0 Å². The maximum absolute atomic E-state index is 4.23. The van der Waals surface area contributed by atoms with Crippen LogP contribution in [0.25, 0.3) is 0 Å². The van der Waals surface area contributed by atoms with Gasteiger partial charge < -0.3 is 10.2 Å². The van der Waals surface area contributed by atoms with Gasteiger partial charge in [0, 0.05) is 24.5 Å². The molecule has 0 aliphatic rings. The van der Waals surface area contributed by atoms with E-state index >= 15 is 0 Å². The molecule has 0 spiro atoms. The van der Waals surface area contributed by atoms with E-state index in [-0.39, 0.29) is 0 Å². The number of hydrogen-bond donors (Lipinski definition) is 1. The van der Waals surface area contributed by atoms with Crippen molar-refractivity contribution in [2.75, 3.05) is 23.3 Å². The molecule has 4 nitrogen and oxygen atoms in total. The molecule has 19 heavy (non-hydrogen) atoms. The second-order valence-electron chi connectivity index (χ2n) is 4.07. The van der Waals surface area contributed by atoms with Crippen molar-refractivity contribution in [2.24, 2.45) is 0 Å². The molecule has 1 heterocycles. The number of halogens is 1. The molecule has 0 aliphatic carbocycles. The van der Waals surface area contributed by atoms with E-state index in [1.165, 1.54) is 5.69 Å². The lowest BCUT2D eigenvalue weighted by molar-refractivity contribution is 0.866. The van der Waals surface area contributed by atoms with E-state index in [0.717, 1.165) is 29.2 Å². The van der Waals surface area contributed by atoms with E-state index in [1.807, 2.05) is 0 Å². The SMILES string of the molecule is CCN(CC)c1ccc(Nc2cnc(Br)cn2)cc1. The lowest BCUT2D eigenvalue weighted by Gasteiger charge is -2.21. The molecule has 0 radical (unpaired) electrons. The van der Waals surface area contributed by atoms with Crippen molar-refractivity contribution in [2.45, 2.75) is 13.8 Å². The topological polar surface area (TPSA) is 41.0 Å². The summed E-state index contributed by atoms with van der Waals surface area (Å²) in [6.07, 6.45) is 3.37. The second-order valence-corrected chi connectivity index (χ2v) is 4.88. The summed E-state index contributed by atoms with van der Waals surface area (Å²) in [5.41, 5.74) is 2.24. The van der Waals surface area contributed by atoms with E-state index in [4.69, 9.17) is 0 Å². The summed E-state index contributed by atoms with van der Waals surface area (Å²) in [6, 6.07) is 8.33. The number of benzene rings is 1. The minimum atomic E-state index is 0.731. The summed E-state index contributed by atoms with van der Waals surface area (Å²) in [7, 11) is 0. The summed E-state index contributed by atoms with van der Waals surface area (Å²) < 4.78 is 0.731. The first kappa shape index (κ1) is 13.8. The Morgan fingerprint density at radius 3 is 2.26 bits per heavy atom. The largest absolute Gasteiger partial charge is 0.372 e. The van der Waals surface area contributed by atoms with Gasteiger partial charge in [-0.15, -0.1) is 0 Å². The van der Waals surface area contributed by atoms with Gasteiger partial charge in [-0.2, -0.15) is 0 Å². The van der Waals surface area contributed by atoms with Gasteiger partial charge in [-0.1, -0.05) is 0 Å². The number of hydrogen-bond acceptors (Lipinski definition) is 4. The fourth-order valence-electron chi connectivity index (χ4n) is 1.87. The molecular formula is C14H17BrN4. The average molecular weight is 321 g/mol. The Morgan fingerprint density at radius 2 is 1.74 bits per heavy atom. The normalized spacial score (nSPS) is 10.3. The Hall–Kier alpha value is -1.62. The fourth-order valence-corrected chi connectivity index (χ4v) is 2.07. The third-order valence-electron chi connectivity index (χ3n) is 2.89. The van der Waals surface area contributed by atoms with Crippen LogP contribution >= 0.6 is 15.9 Å². The Labute approximate surface area is 122 Å². The third kappa shape index (κ3) is 3.67. The van der Waals surface area contributed by atoms with E-state index in [9.17, 15) is 0 Å². The van der Waals surface area contributed by atoms with Gasteiger partial charge in [0.1, 0.15) is 10.4 Å². The predicted octanol–water partition coefficient (Wildman–Crippen LogP) is 3.83. The van der Waals surface area contributed by atoms with Crippen molar-refractivity contribution in [3.8, 4) is 0 Å². The number of nitrogens with zero attached hydrogens (tertiary/aromatic N) is 3. The molecule has 0 aliphatic heterocycles. The Balaban J connectivity index is 2.08. The molecular weight excluding hydrogens is 304 g/mol. The second kappa shape index (κ2) is 6.52. The van der Waals surface area contributed by atoms with Crippen molar-refractivity contribution in [1.29, 1.82) is 0 Å². The van der Waals surface area contributed by atoms with Crippen LogP contribution in [0.3, 0.4) is 0 Å². The summed E-state index contributed by atoms with van der Waals surface area (Å²) >= 11 is 3.27. The van der Waals surface area contributed by atoms with Crippen molar-refractivity contribution >= 4 is 33.1 Å². The van der Waals surface area contributed by atoms with E-state index in [0.29, 0.717) is 0 Å². The first-order valence-electron chi connectivity index (χ1n) is 6.32. The van der Waals surface area contributed by atoms with E-state index in [1.54, 1.807) is 12.4 Å². The van der Waals surface area contributed by atoms with Gasteiger partial charge in [-0.25, -0.2) is 9.97 Å². The van der Waals surface area contributed by atoms with Crippen LogP contribution in [0.15, 0.2) is 41.3 Å². The van der Waals surface area contributed by atoms with Crippen LogP contribution in [0.4, 0.5) is 17.2 Å². The third-order valence-corrected chi connectivity index (χ3v) is 3.30. The molecule has 2 rings (SSSR count). The molecule has 0 fully saturated rings. The van der Waals surface area contributed by atoms with Crippen molar-refractivity contribution < 1.29 is 0 Å². The molecule has 0 atom stereocenters. The molecule has 5 heteroatoms. The van der Waals surface area contributed by atoms with Crippen LogP contribution in [-0.4, -0.2) is 23.1 Å². The zero-order chi connectivity index (χ0) is 13.7. The lowest BCUT2D eigenvalue weighted by atomic mass is 10.2. The van der Waals surface area contributed by atoms with E-state index in [2.05, 4.69) is 74.2 Å². The Kier molecular flexibility index (Phi) is 4.74. The van der Waals surface area contributed by atoms with Crippen LogP contribution in [0, 0.1) is 0 Å². The van der Waals surface area contributed by atoms with Crippen LogP contribution in [0.5, 0.6) is 0 Å². The van der Waals surface area contributed by atoms with Crippen molar-refractivity contribution in [1.82, 2.24) is 9.97 Å². The zero-order valence-corrected chi connectivity index (χ0v) is 12.7. The Bertz CT molecular complexity index is 506. The highest BCUT2D eigenvalue weighted by Crippen LogP contribution is 2.20. The molecule has 1 N–H and O–H groups in total. The highest BCUT2D eigenvalue weighted by molar-refractivity contribution is 9.10. The first-order chi connectivity index (χ1) is 9.22. The summed E-state index contributed by atoms with van der Waals surface area (Å²) in [5, 5.41) is 3.22. The smallest absolute Gasteiger partial charge is 0.148 e. The average Bonchev–Trinajstić information content (AvgIpc) is 2.44. The maximum atomic E-state index is 4.23. The minimum Gasteiger partial charge on any atom is -0.372 e. The summed E-state index contributed by atoms with van der Waals surface area (Å²) in [6.45, 7) is 6.35. The summed E-state index contributed by atoms with van der Waals surface area (Å²) in [5.74, 6) is 0.735. The molecule has 0 unspecified atom stereocenters. The standard InChI is InChI=1S/C14H17BrN4/c1-3-19(4-2)12-7-5-11(6-8-12)18-14-10-16-13(15)9-17-14/h5-10H,3-4H2,1-2H3,(H,17,18). The predicted molar refractivity (Wildman–Crippen MR) is 83.0 cm³/mol. The lowest BCUT2D eigenvalue weighted by Crippen LogP contribution is -2.21. The number of nitrogens with one attached hydrogen (secondary N) is 1. The van der Waals surface area contributed by atoms with Gasteiger partial charge in [-0.05, 0) is 54.0 Å². The van der Waals surface area contributed by atoms with Crippen LogP contribution in [0.2, 0.25) is 0 Å². The molecule has 1 aromatic heterocycles. The first-order valence-corrected chi connectivity index (χ1v) is 7.11. The van der Waals surface area contributed by atoms with Crippen LogP contribution in [0.1, 0.15) is 13.8 Å². The summed E-state index contributed by atoms with van der Waals surface area (Å²) in [4.78, 5) is 10.7. The minimum absolute atomic E-state index is 0.731. The van der Waals surface area contributed by atoms with Gasteiger partial charge in [0.05, 0.1) is 12.4 Å². The highest BCUT2D eigenvalue weighted by atomic mass is 79.9. The molecule has 100 valence electrons. The van der Waals surface area contributed by atoms with Crippen LogP contribution < -0.4 is 10.2 Å². The van der Waals surface area contributed by atoms with Crippen LogP contribution in [-0.2, 0) is 0 Å². The van der Waals surface area contributed by atoms with Gasteiger partial charge in [0.15, 0.2) is 0 Å². The van der Waals surface area contributed by atoms with Crippen molar-refractivity contribution in [3.05, 3.63) is 41.3 Å².